The smallest absolute Gasteiger partial charge is 0.201 e. The first-order valence-electron chi connectivity index (χ1n) is 10.6. The molecule has 7 nitrogen and oxygen atoms in total. The van der Waals surface area contributed by atoms with Crippen LogP contribution in [-0.4, -0.2) is 41.9 Å². The fourth-order valence-corrected chi connectivity index (χ4v) is 4.38. The number of nitrogens with zero attached hydrogens (tertiary/aromatic N) is 4. The van der Waals surface area contributed by atoms with Gasteiger partial charge in [0.25, 0.3) is 0 Å². The minimum atomic E-state index is 0.424. The van der Waals surface area contributed by atoms with Crippen LogP contribution in [0.25, 0.3) is 22.2 Å². The number of anilines is 3. The number of hydrogen-bond donors (Lipinski definition) is 1. The van der Waals surface area contributed by atoms with Crippen LogP contribution in [0.15, 0.2) is 42.6 Å². The first kappa shape index (κ1) is 22.9. The Kier molecular flexibility index (Phi) is 6.44. The second-order valence-corrected chi connectivity index (χ2v) is 8.43. The number of ether oxygens (including phenoxy) is 2. The number of nitrogen functional groups attached to an aromatic ring is 1. The lowest BCUT2D eigenvalue weighted by Gasteiger charge is -2.25. The number of nitrogens with two attached hydrogens (primary N) is 1. The molecule has 4 aromatic rings. The summed E-state index contributed by atoms with van der Waals surface area (Å²) >= 11 is 6.28. The van der Waals surface area contributed by atoms with Gasteiger partial charge in [0.15, 0.2) is 0 Å². The molecule has 0 amide bonds. The van der Waals surface area contributed by atoms with E-state index in [1.165, 1.54) is 0 Å². The van der Waals surface area contributed by atoms with Gasteiger partial charge in [-0.05, 0) is 55.3 Å². The number of imidazole rings is 1. The highest BCUT2D eigenvalue weighted by Gasteiger charge is 2.23. The first-order valence-corrected chi connectivity index (χ1v) is 11.0. The topological polar surface area (TPSA) is 78.4 Å². The lowest BCUT2D eigenvalue weighted by atomic mass is 9.97. The van der Waals surface area contributed by atoms with E-state index in [1.54, 1.807) is 14.2 Å². The zero-order valence-electron chi connectivity index (χ0n) is 19.5. The Morgan fingerprint density at radius 3 is 2.58 bits per heavy atom. The zero-order valence-corrected chi connectivity index (χ0v) is 20.3. The first-order chi connectivity index (χ1) is 15.8. The molecule has 8 heteroatoms. The second-order valence-electron chi connectivity index (χ2n) is 8.00. The maximum Gasteiger partial charge on any atom is 0.201 e. The monoisotopic (exact) mass is 465 g/mol. The Labute approximate surface area is 198 Å². The number of pyridine rings is 1. The van der Waals surface area contributed by atoms with Crippen molar-refractivity contribution in [3.8, 4) is 16.9 Å². The molecule has 0 saturated carbocycles. The molecule has 0 spiro atoms. The summed E-state index contributed by atoms with van der Waals surface area (Å²) in [7, 11) is 5.25. The van der Waals surface area contributed by atoms with E-state index in [0.717, 1.165) is 44.8 Å². The van der Waals surface area contributed by atoms with E-state index in [1.807, 2.05) is 55.9 Å². The molecule has 0 aliphatic rings. The molecule has 0 unspecified atom stereocenters. The van der Waals surface area contributed by atoms with Gasteiger partial charge >= 0.3 is 0 Å². The Bertz CT molecular complexity index is 1300. The number of hydrogen-bond acceptors (Lipinski definition) is 6. The number of rotatable bonds is 7. The summed E-state index contributed by atoms with van der Waals surface area (Å²) in [5, 5.41) is 0.623. The number of methoxy groups -OCH3 is 2. The highest BCUT2D eigenvalue weighted by atomic mass is 35.5. The van der Waals surface area contributed by atoms with E-state index in [9.17, 15) is 0 Å². The summed E-state index contributed by atoms with van der Waals surface area (Å²) in [6.45, 7) is 5.19. The van der Waals surface area contributed by atoms with Crippen molar-refractivity contribution in [1.29, 1.82) is 0 Å². The fraction of sp³-hybridized carbons (Fsp3) is 0.280. The van der Waals surface area contributed by atoms with Gasteiger partial charge in [0, 0.05) is 43.0 Å². The summed E-state index contributed by atoms with van der Waals surface area (Å²) in [6, 6.07) is 11.9. The second kappa shape index (κ2) is 9.29. The normalized spacial score (nSPS) is 11.2. The van der Waals surface area contributed by atoms with E-state index < -0.39 is 0 Å². The van der Waals surface area contributed by atoms with Crippen LogP contribution in [0.2, 0.25) is 5.02 Å². The van der Waals surface area contributed by atoms with E-state index in [2.05, 4.69) is 22.0 Å². The van der Waals surface area contributed by atoms with Crippen molar-refractivity contribution < 1.29 is 9.47 Å². The van der Waals surface area contributed by atoms with E-state index >= 15 is 0 Å². The summed E-state index contributed by atoms with van der Waals surface area (Å²) in [5.74, 6) is 1.94. The maximum absolute atomic E-state index is 6.30. The van der Waals surface area contributed by atoms with Crippen LogP contribution in [-0.2, 0) is 11.8 Å². The average Bonchev–Trinajstić information content (AvgIpc) is 3.09. The number of aromatic nitrogens is 3. The SMILES string of the molecule is COCCN(c1ccc(C)cn1)c1ccc(-c2c(C)cc(Cl)cc2OC)c2nc(N)n(C)c12. The van der Waals surface area contributed by atoms with Crippen molar-refractivity contribution in [3.05, 3.63) is 58.7 Å². The van der Waals surface area contributed by atoms with Crippen molar-refractivity contribution in [2.45, 2.75) is 13.8 Å². The molecule has 0 fully saturated rings. The molecular formula is C25H28ClN5O2. The Hall–Kier alpha value is -3.29. The largest absolute Gasteiger partial charge is 0.496 e. The molecule has 0 atom stereocenters. The summed E-state index contributed by atoms with van der Waals surface area (Å²) in [4.78, 5) is 11.5. The molecule has 4 rings (SSSR count). The molecular weight excluding hydrogens is 438 g/mol. The Morgan fingerprint density at radius 2 is 1.91 bits per heavy atom. The third-order valence-corrected chi connectivity index (χ3v) is 5.99. The minimum absolute atomic E-state index is 0.424. The number of benzene rings is 2. The van der Waals surface area contributed by atoms with Crippen LogP contribution in [0.3, 0.4) is 0 Å². The molecule has 2 aromatic heterocycles. The molecule has 0 bridgehead atoms. The van der Waals surface area contributed by atoms with Gasteiger partial charge in [-0.1, -0.05) is 17.7 Å². The van der Waals surface area contributed by atoms with Crippen molar-refractivity contribution in [2.24, 2.45) is 7.05 Å². The fourth-order valence-electron chi connectivity index (χ4n) is 4.12. The van der Waals surface area contributed by atoms with Crippen LogP contribution in [0.4, 0.5) is 17.5 Å². The third kappa shape index (κ3) is 4.21. The highest BCUT2D eigenvalue weighted by Crippen LogP contribution is 2.42. The number of aryl methyl sites for hydroxylation is 3. The van der Waals surface area contributed by atoms with Gasteiger partial charge in [-0.3, -0.25) is 0 Å². The van der Waals surface area contributed by atoms with Crippen LogP contribution in [0.5, 0.6) is 5.75 Å². The van der Waals surface area contributed by atoms with Gasteiger partial charge < -0.3 is 24.7 Å². The molecule has 172 valence electrons. The molecule has 2 N–H and O–H groups in total. The maximum atomic E-state index is 6.30. The van der Waals surface area contributed by atoms with Gasteiger partial charge in [0.05, 0.1) is 24.9 Å². The number of fused-ring (bicyclic) bond motifs is 1. The van der Waals surface area contributed by atoms with Crippen molar-refractivity contribution >= 4 is 40.1 Å². The zero-order chi connectivity index (χ0) is 23.7. The van der Waals surface area contributed by atoms with Crippen LogP contribution in [0, 0.1) is 13.8 Å². The average molecular weight is 466 g/mol. The van der Waals surface area contributed by atoms with E-state index in [-0.39, 0.29) is 0 Å². The van der Waals surface area contributed by atoms with Gasteiger partial charge in [-0.2, -0.15) is 0 Å². The summed E-state index contributed by atoms with van der Waals surface area (Å²) in [5.41, 5.74) is 12.9. The predicted octanol–water partition coefficient (Wildman–Crippen LogP) is 5.28. The molecule has 0 radical (unpaired) electrons. The van der Waals surface area contributed by atoms with Crippen LogP contribution >= 0.6 is 11.6 Å². The molecule has 2 heterocycles. The lowest BCUT2D eigenvalue weighted by Crippen LogP contribution is -2.23. The predicted molar refractivity (Wildman–Crippen MR) is 135 cm³/mol. The van der Waals surface area contributed by atoms with Gasteiger partial charge in [0.1, 0.15) is 17.1 Å². The molecule has 33 heavy (non-hydrogen) atoms. The van der Waals surface area contributed by atoms with Gasteiger partial charge in [-0.15, -0.1) is 0 Å². The van der Waals surface area contributed by atoms with E-state index in [4.69, 9.17) is 31.8 Å². The van der Waals surface area contributed by atoms with Crippen molar-refractivity contribution in [2.75, 3.05) is 38.0 Å². The van der Waals surface area contributed by atoms with Crippen molar-refractivity contribution in [1.82, 2.24) is 14.5 Å². The Balaban J connectivity index is 1.98. The molecule has 0 aliphatic carbocycles. The minimum Gasteiger partial charge on any atom is -0.496 e. The van der Waals surface area contributed by atoms with Crippen LogP contribution in [0.1, 0.15) is 11.1 Å². The number of halogens is 1. The Morgan fingerprint density at radius 1 is 1.12 bits per heavy atom. The van der Waals surface area contributed by atoms with Crippen molar-refractivity contribution in [3.63, 3.8) is 0 Å². The molecule has 0 saturated heterocycles. The van der Waals surface area contributed by atoms with Gasteiger partial charge in [-0.25, -0.2) is 9.97 Å². The van der Waals surface area contributed by atoms with Crippen LogP contribution < -0.4 is 15.4 Å². The standard InChI is InChI=1S/C25H28ClN5O2/c1-15-6-9-21(28-14-15)31(10-11-32-4)19-8-7-18(23-24(19)30(3)25(27)29-23)22-16(2)12-17(26)13-20(22)33-5/h6-9,12-14H,10-11H2,1-5H3,(H2,27,29). The molecule has 2 aromatic carbocycles. The third-order valence-electron chi connectivity index (χ3n) is 5.77. The lowest BCUT2D eigenvalue weighted by molar-refractivity contribution is 0.207. The quantitative estimate of drug-likeness (QED) is 0.400. The van der Waals surface area contributed by atoms with Gasteiger partial charge in [0.2, 0.25) is 5.95 Å². The van der Waals surface area contributed by atoms with E-state index in [0.29, 0.717) is 29.9 Å². The highest BCUT2D eigenvalue weighted by molar-refractivity contribution is 6.31. The summed E-state index contributed by atoms with van der Waals surface area (Å²) in [6.07, 6.45) is 1.86. The molecule has 0 aliphatic heterocycles. The summed E-state index contributed by atoms with van der Waals surface area (Å²) < 4.78 is 13.0.